The van der Waals surface area contributed by atoms with E-state index in [0.717, 1.165) is 44.2 Å². The number of carboxylic acids is 1. The lowest BCUT2D eigenvalue weighted by Gasteiger charge is -2.36. The van der Waals surface area contributed by atoms with E-state index in [0.29, 0.717) is 12.8 Å². The fourth-order valence-corrected chi connectivity index (χ4v) is 3.10. The van der Waals surface area contributed by atoms with Gasteiger partial charge < -0.3 is 9.67 Å². The molecule has 2 aliphatic heterocycles. The van der Waals surface area contributed by atoms with Crippen molar-refractivity contribution in [3.05, 3.63) is 11.6 Å². The average molecular weight is 278 g/mol. The first-order valence-corrected chi connectivity index (χ1v) is 7.45. The van der Waals surface area contributed by atoms with Gasteiger partial charge in [-0.25, -0.2) is 0 Å². The summed E-state index contributed by atoms with van der Waals surface area (Å²) in [6, 6.07) is 0. The fourth-order valence-electron chi connectivity index (χ4n) is 3.10. The first-order valence-electron chi connectivity index (χ1n) is 7.45. The standard InChI is InChI=1S/C14H22N4O2/c1-14(13(19)20)5-8-17(9-6-14)10-12-16-15-11-4-2-3-7-18(11)12/h2-10H2,1H3,(H,19,20). The Morgan fingerprint density at radius 2 is 2.00 bits per heavy atom. The van der Waals surface area contributed by atoms with Crippen molar-refractivity contribution in [2.45, 2.75) is 52.1 Å². The molecular formula is C14H22N4O2. The van der Waals surface area contributed by atoms with Crippen LogP contribution in [0.1, 0.15) is 44.3 Å². The Hall–Kier alpha value is -1.43. The minimum Gasteiger partial charge on any atom is -0.481 e. The molecule has 110 valence electrons. The predicted octanol–water partition coefficient (Wildman–Crippen LogP) is 1.30. The normalized spacial score (nSPS) is 22.4. The SMILES string of the molecule is CC1(C(=O)O)CCN(Cc2nnc3n2CCCC3)CC1. The monoisotopic (exact) mass is 278 g/mol. The Morgan fingerprint density at radius 1 is 1.25 bits per heavy atom. The molecule has 0 amide bonds. The first kappa shape index (κ1) is 13.5. The maximum atomic E-state index is 11.2. The Labute approximate surface area is 118 Å². The van der Waals surface area contributed by atoms with Gasteiger partial charge >= 0.3 is 5.97 Å². The van der Waals surface area contributed by atoms with Gasteiger partial charge in [0, 0.05) is 13.0 Å². The van der Waals surface area contributed by atoms with Gasteiger partial charge in [-0.1, -0.05) is 0 Å². The summed E-state index contributed by atoms with van der Waals surface area (Å²) in [5, 5.41) is 17.8. The quantitative estimate of drug-likeness (QED) is 0.902. The van der Waals surface area contributed by atoms with E-state index in [1.807, 2.05) is 6.92 Å². The highest BCUT2D eigenvalue weighted by Gasteiger charge is 2.37. The van der Waals surface area contributed by atoms with Crippen molar-refractivity contribution in [1.29, 1.82) is 0 Å². The van der Waals surface area contributed by atoms with Crippen LogP contribution in [0.4, 0.5) is 0 Å². The number of rotatable bonds is 3. The van der Waals surface area contributed by atoms with Gasteiger partial charge in [-0.3, -0.25) is 9.69 Å². The van der Waals surface area contributed by atoms with E-state index in [1.165, 1.54) is 12.8 Å². The number of aromatic nitrogens is 3. The van der Waals surface area contributed by atoms with Crippen molar-refractivity contribution >= 4 is 5.97 Å². The van der Waals surface area contributed by atoms with Crippen LogP contribution in [-0.4, -0.2) is 43.8 Å². The molecule has 3 rings (SSSR count). The Bertz CT molecular complexity index is 503. The van der Waals surface area contributed by atoms with Crippen LogP contribution < -0.4 is 0 Å². The van der Waals surface area contributed by atoms with E-state index >= 15 is 0 Å². The number of hydrogen-bond acceptors (Lipinski definition) is 4. The van der Waals surface area contributed by atoms with Gasteiger partial charge in [0.05, 0.1) is 12.0 Å². The first-order chi connectivity index (χ1) is 9.58. The number of aliphatic carboxylic acids is 1. The van der Waals surface area contributed by atoms with Gasteiger partial charge in [0.15, 0.2) is 0 Å². The maximum absolute atomic E-state index is 11.2. The molecule has 0 atom stereocenters. The number of carbonyl (C=O) groups is 1. The van der Waals surface area contributed by atoms with E-state index in [9.17, 15) is 9.90 Å². The van der Waals surface area contributed by atoms with Gasteiger partial charge in [-0.05, 0) is 45.7 Å². The lowest BCUT2D eigenvalue weighted by molar-refractivity contribution is -0.150. The summed E-state index contributed by atoms with van der Waals surface area (Å²) in [5.74, 6) is 1.48. The van der Waals surface area contributed by atoms with Crippen molar-refractivity contribution in [3.63, 3.8) is 0 Å². The summed E-state index contributed by atoms with van der Waals surface area (Å²) >= 11 is 0. The summed E-state index contributed by atoms with van der Waals surface area (Å²) in [7, 11) is 0. The number of piperidine rings is 1. The molecule has 0 spiro atoms. The third-order valence-corrected chi connectivity index (χ3v) is 4.78. The number of carboxylic acid groups (broad SMARTS) is 1. The van der Waals surface area contributed by atoms with Gasteiger partial charge in [0.25, 0.3) is 0 Å². The van der Waals surface area contributed by atoms with Crippen LogP contribution in [0.5, 0.6) is 0 Å². The van der Waals surface area contributed by atoms with Crippen molar-refractivity contribution in [2.75, 3.05) is 13.1 Å². The van der Waals surface area contributed by atoms with Crippen LogP contribution in [0.15, 0.2) is 0 Å². The Kier molecular flexibility index (Phi) is 3.50. The minimum absolute atomic E-state index is 0.555. The summed E-state index contributed by atoms with van der Waals surface area (Å²) in [6.45, 7) is 5.32. The molecule has 0 aliphatic carbocycles. The second kappa shape index (κ2) is 5.16. The molecule has 0 saturated carbocycles. The predicted molar refractivity (Wildman–Crippen MR) is 73.2 cm³/mol. The smallest absolute Gasteiger partial charge is 0.309 e. The van der Waals surface area contributed by atoms with Crippen LogP contribution in [0.3, 0.4) is 0 Å². The molecule has 1 saturated heterocycles. The second-order valence-electron chi connectivity index (χ2n) is 6.28. The van der Waals surface area contributed by atoms with E-state index in [1.54, 1.807) is 0 Å². The van der Waals surface area contributed by atoms with Gasteiger partial charge in [-0.15, -0.1) is 10.2 Å². The zero-order valence-electron chi connectivity index (χ0n) is 12.0. The molecule has 2 aliphatic rings. The van der Waals surface area contributed by atoms with E-state index in [-0.39, 0.29) is 0 Å². The highest BCUT2D eigenvalue weighted by molar-refractivity contribution is 5.74. The molecule has 0 unspecified atom stereocenters. The fraction of sp³-hybridized carbons (Fsp3) is 0.786. The summed E-state index contributed by atoms with van der Waals surface area (Å²) < 4.78 is 2.24. The second-order valence-corrected chi connectivity index (χ2v) is 6.28. The van der Waals surface area contributed by atoms with Gasteiger partial charge in [0.2, 0.25) is 0 Å². The van der Waals surface area contributed by atoms with Crippen molar-refractivity contribution in [2.24, 2.45) is 5.41 Å². The lowest BCUT2D eigenvalue weighted by atomic mass is 9.80. The largest absolute Gasteiger partial charge is 0.481 e. The summed E-state index contributed by atoms with van der Waals surface area (Å²) in [5.41, 5.74) is -0.555. The average Bonchev–Trinajstić information content (AvgIpc) is 2.85. The molecule has 1 aromatic rings. The summed E-state index contributed by atoms with van der Waals surface area (Å²) in [4.78, 5) is 13.5. The van der Waals surface area contributed by atoms with Crippen LogP contribution in [0.25, 0.3) is 0 Å². The minimum atomic E-state index is -0.669. The molecule has 20 heavy (non-hydrogen) atoms. The van der Waals surface area contributed by atoms with E-state index in [2.05, 4.69) is 19.7 Å². The third kappa shape index (κ3) is 2.44. The maximum Gasteiger partial charge on any atom is 0.309 e. The highest BCUT2D eigenvalue weighted by atomic mass is 16.4. The van der Waals surface area contributed by atoms with Gasteiger partial charge in [-0.2, -0.15) is 0 Å². The van der Waals surface area contributed by atoms with Crippen LogP contribution in [0, 0.1) is 5.41 Å². The molecule has 3 heterocycles. The molecule has 0 bridgehead atoms. The zero-order valence-corrected chi connectivity index (χ0v) is 12.0. The van der Waals surface area contributed by atoms with Crippen molar-refractivity contribution in [1.82, 2.24) is 19.7 Å². The van der Waals surface area contributed by atoms with Crippen molar-refractivity contribution < 1.29 is 9.90 Å². The van der Waals surface area contributed by atoms with Crippen LogP contribution >= 0.6 is 0 Å². The molecule has 0 radical (unpaired) electrons. The molecule has 1 fully saturated rings. The number of likely N-dealkylation sites (tertiary alicyclic amines) is 1. The number of aryl methyl sites for hydroxylation is 1. The topological polar surface area (TPSA) is 71.2 Å². The van der Waals surface area contributed by atoms with E-state index < -0.39 is 11.4 Å². The molecule has 6 nitrogen and oxygen atoms in total. The molecule has 1 aromatic heterocycles. The van der Waals surface area contributed by atoms with E-state index in [4.69, 9.17) is 0 Å². The molecule has 0 aromatic carbocycles. The number of nitrogens with zero attached hydrogens (tertiary/aromatic N) is 4. The molecule has 1 N–H and O–H groups in total. The lowest BCUT2D eigenvalue weighted by Crippen LogP contribution is -2.42. The summed E-state index contributed by atoms with van der Waals surface area (Å²) in [6.07, 6.45) is 4.87. The third-order valence-electron chi connectivity index (χ3n) is 4.78. The Balaban J connectivity index is 1.63. The van der Waals surface area contributed by atoms with Gasteiger partial charge in [0.1, 0.15) is 11.6 Å². The van der Waals surface area contributed by atoms with Crippen LogP contribution in [-0.2, 0) is 24.3 Å². The van der Waals surface area contributed by atoms with Crippen molar-refractivity contribution in [3.8, 4) is 0 Å². The van der Waals surface area contributed by atoms with Crippen LogP contribution in [0.2, 0.25) is 0 Å². The zero-order chi connectivity index (χ0) is 14.2. The molecule has 6 heteroatoms. The number of hydrogen-bond donors (Lipinski definition) is 1. The highest BCUT2D eigenvalue weighted by Crippen LogP contribution is 2.31. The Morgan fingerprint density at radius 3 is 2.70 bits per heavy atom. The molecular weight excluding hydrogens is 256 g/mol. The number of fused-ring (bicyclic) bond motifs is 1.